The molecule has 0 unspecified atom stereocenters. The Morgan fingerprint density at radius 2 is 1.91 bits per heavy atom. The third-order valence-electron chi connectivity index (χ3n) is 4.99. The smallest absolute Gasteiger partial charge is 0.293 e. The number of nitrogens with one attached hydrogen (secondary N) is 1. The topological polar surface area (TPSA) is 97.2 Å². The van der Waals surface area contributed by atoms with Crippen molar-refractivity contribution in [3.8, 4) is 11.4 Å². The number of aromatic nitrogens is 3. The lowest BCUT2D eigenvalue weighted by atomic mass is 10.2. The summed E-state index contributed by atoms with van der Waals surface area (Å²) >= 11 is 7.88. The van der Waals surface area contributed by atoms with Gasteiger partial charge >= 0.3 is 0 Å². The number of amides is 3. The Balaban J connectivity index is 1.27. The Morgan fingerprint density at radius 3 is 2.66 bits per heavy atom. The zero-order valence-electron chi connectivity index (χ0n) is 18.4. The highest BCUT2D eigenvalue weighted by atomic mass is 35.5. The van der Waals surface area contributed by atoms with Crippen molar-refractivity contribution in [2.45, 2.75) is 5.16 Å². The summed E-state index contributed by atoms with van der Waals surface area (Å²) in [6.07, 6.45) is 1.36. The minimum Gasteiger partial charge on any atom is -0.354 e. The Morgan fingerprint density at radius 1 is 1.17 bits per heavy atom. The number of imide groups is 1. The van der Waals surface area contributed by atoms with Crippen LogP contribution in [0.3, 0.4) is 0 Å². The number of thioether (sulfide) groups is 2. The molecule has 35 heavy (non-hydrogen) atoms. The van der Waals surface area contributed by atoms with E-state index >= 15 is 0 Å². The highest BCUT2D eigenvalue weighted by molar-refractivity contribution is 8.18. The van der Waals surface area contributed by atoms with Crippen LogP contribution < -0.4 is 5.32 Å². The van der Waals surface area contributed by atoms with Gasteiger partial charge in [-0.15, -0.1) is 10.2 Å². The van der Waals surface area contributed by atoms with E-state index in [1.165, 1.54) is 30.0 Å². The SMILES string of the molecule is Cn1c(SCC(=O)NCCN2C(=O)SC(=Cc3ccccc3F)C2=O)nnc1-c1ccc(Cl)cc1. The Kier molecular flexibility index (Phi) is 7.89. The van der Waals surface area contributed by atoms with Gasteiger partial charge in [-0.25, -0.2) is 4.39 Å². The molecule has 3 amide bonds. The predicted molar refractivity (Wildman–Crippen MR) is 134 cm³/mol. The Bertz CT molecular complexity index is 1310. The van der Waals surface area contributed by atoms with Gasteiger partial charge in [-0.2, -0.15) is 0 Å². The molecule has 1 aliphatic rings. The number of hydrogen-bond donors (Lipinski definition) is 1. The molecule has 0 saturated carbocycles. The second kappa shape index (κ2) is 11.1. The molecular weight excluding hydrogens is 513 g/mol. The maximum atomic E-state index is 13.9. The van der Waals surface area contributed by atoms with Crippen molar-refractivity contribution < 1.29 is 18.8 Å². The van der Waals surface area contributed by atoms with Gasteiger partial charge in [-0.05, 0) is 48.2 Å². The van der Waals surface area contributed by atoms with E-state index in [2.05, 4.69) is 15.5 Å². The predicted octanol–water partition coefficient (Wildman–Crippen LogP) is 4.22. The summed E-state index contributed by atoms with van der Waals surface area (Å²) in [5.41, 5.74) is 1.08. The monoisotopic (exact) mass is 531 g/mol. The van der Waals surface area contributed by atoms with E-state index in [1.54, 1.807) is 35.9 Å². The summed E-state index contributed by atoms with van der Waals surface area (Å²) in [5.74, 6) is -0.540. The first-order chi connectivity index (χ1) is 16.8. The van der Waals surface area contributed by atoms with Gasteiger partial charge in [-0.1, -0.05) is 41.6 Å². The first-order valence-corrected chi connectivity index (χ1v) is 12.6. The standard InChI is InChI=1S/C23H19ClFN5O3S2/c1-29-20(14-6-8-16(24)9-7-14)27-28-22(29)34-13-19(31)26-10-11-30-21(32)18(35-23(30)33)12-15-4-2-3-5-17(15)25/h2-9,12H,10-11,13H2,1H3,(H,26,31). The van der Waals surface area contributed by atoms with Crippen LogP contribution in [-0.4, -0.2) is 55.6 Å². The number of hydrogen-bond acceptors (Lipinski definition) is 7. The van der Waals surface area contributed by atoms with Gasteiger partial charge in [0.15, 0.2) is 11.0 Å². The van der Waals surface area contributed by atoms with Gasteiger partial charge in [0.05, 0.1) is 10.7 Å². The Labute approximate surface area is 213 Å². The normalized spacial score (nSPS) is 14.7. The molecule has 3 aromatic rings. The zero-order valence-corrected chi connectivity index (χ0v) is 20.8. The van der Waals surface area contributed by atoms with Crippen LogP contribution in [-0.2, 0) is 16.6 Å². The number of carbonyl (C=O) groups is 3. The van der Waals surface area contributed by atoms with Crippen LogP contribution in [0.2, 0.25) is 5.02 Å². The number of halogens is 2. The number of benzene rings is 2. The fraction of sp³-hybridized carbons (Fsp3) is 0.174. The molecule has 2 aromatic carbocycles. The number of carbonyl (C=O) groups excluding carboxylic acids is 3. The van der Waals surface area contributed by atoms with Crippen LogP contribution in [0.25, 0.3) is 17.5 Å². The summed E-state index contributed by atoms with van der Waals surface area (Å²) in [6.45, 7) is 0.111. The van der Waals surface area contributed by atoms with Gasteiger partial charge in [0, 0.05) is 36.3 Å². The van der Waals surface area contributed by atoms with Gasteiger partial charge in [-0.3, -0.25) is 19.3 Å². The van der Waals surface area contributed by atoms with Crippen molar-refractivity contribution in [3.63, 3.8) is 0 Å². The molecule has 0 spiro atoms. The zero-order chi connectivity index (χ0) is 24.9. The van der Waals surface area contributed by atoms with E-state index in [9.17, 15) is 18.8 Å². The van der Waals surface area contributed by atoms with Gasteiger partial charge in [0.25, 0.3) is 11.1 Å². The molecule has 0 bridgehead atoms. The second-order valence-electron chi connectivity index (χ2n) is 7.37. The van der Waals surface area contributed by atoms with Crippen molar-refractivity contribution in [2.75, 3.05) is 18.8 Å². The lowest BCUT2D eigenvalue weighted by Gasteiger charge is -2.12. The second-order valence-corrected chi connectivity index (χ2v) is 9.74. The quantitative estimate of drug-likeness (QED) is 0.343. The molecule has 0 aliphatic carbocycles. The molecule has 180 valence electrons. The molecule has 1 N–H and O–H groups in total. The van der Waals surface area contributed by atoms with E-state index in [4.69, 9.17) is 11.6 Å². The molecular formula is C23H19ClFN5O3S2. The minimum atomic E-state index is -0.513. The minimum absolute atomic E-state index is 0.0142. The summed E-state index contributed by atoms with van der Waals surface area (Å²) in [7, 11) is 1.80. The third-order valence-corrected chi connectivity index (χ3v) is 7.17. The number of nitrogens with zero attached hydrogens (tertiary/aromatic N) is 4. The first-order valence-electron chi connectivity index (χ1n) is 10.4. The van der Waals surface area contributed by atoms with Crippen molar-refractivity contribution >= 4 is 58.3 Å². The van der Waals surface area contributed by atoms with E-state index in [0.29, 0.717) is 16.0 Å². The molecule has 8 nitrogen and oxygen atoms in total. The summed E-state index contributed by atoms with van der Waals surface area (Å²) in [5, 5.41) is 11.7. The van der Waals surface area contributed by atoms with Crippen LogP contribution in [0.4, 0.5) is 9.18 Å². The largest absolute Gasteiger partial charge is 0.354 e. The van der Waals surface area contributed by atoms with Crippen LogP contribution in [0.1, 0.15) is 5.56 Å². The van der Waals surface area contributed by atoms with Gasteiger partial charge in [0.1, 0.15) is 5.82 Å². The fourth-order valence-electron chi connectivity index (χ4n) is 3.21. The average Bonchev–Trinajstić information content (AvgIpc) is 3.33. The molecule has 1 aliphatic heterocycles. The van der Waals surface area contributed by atoms with Gasteiger partial charge in [0.2, 0.25) is 5.91 Å². The average molecular weight is 532 g/mol. The first kappa shape index (κ1) is 25.0. The lowest BCUT2D eigenvalue weighted by Crippen LogP contribution is -2.37. The molecule has 4 rings (SSSR count). The summed E-state index contributed by atoms with van der Waals surface area (Å²) in [6, 6.07) is 13.2. The van der Waals surface area contributed by atoms with Crippen molar-refractivity contribution in [1.29, 1.82) is 0 Å². The highest BCUT2D eigenvalue weighted by Crippen LogP contribution is 2.32. The summed E-state index contributed by atoms with van der Waals surface area (Å²) < 4.78 is 15.6. The van der Waals surface area contributed by atoms with E-state index in [1.807, 2.05) is 12.1 Å². The molecule has 0 radical (unpaired) electrons. The van der Waals surface area contributed by atoms with Crippen LogP contribution in [0.5, 0.6) is 0 Å². The molecule has 1 aromatic heterocycles. The number of rotatable bonds is 8. The van der Waals surface area contributed by atoms with Crippen LogP contribution in [0.15, 0.2) is 58.6 Å². The van der Waals surface area contributed by atoms with Gasteiger partial charge < -0.3 is 9.88 Å². The molecule has 1 fully saturated rings. The maximum absolute atomic E-state index is 13.9. The van der Waals surface area contributed by atoms with E-state index < -0.39 is 17.0 Å². The van der Waals surface area contributed by atoms with Crippen LogP contribution in [0, 0.1) is 5.82 Å². The lowest BCUT2D eigenvalue weighted by molar-refractivity contribution is -0.123. The molecule has 0 atom stereocenters. The van der Waals surface area contributed by atoms with Crippen molar-refractivity contribution in [1.82, 2.24) is 25.0 Å². The summed E-state index contributed by atoms with van der Waals surface area (Å²) in [4.78, 5) is 38.2. The van der Waals surface area contributed by atoms with Crippen LogP contribution >= 0.6 is 35.1 Å². The maximum Gasteiger partial charge on any atom is 0.293 e. The third kappa shape index (κ3) is 5.92. The van der Waals surface area contributed by atoms with E-state index in [-0.39, 0.29) is 35.2 Å². The van der Waals surface area contributed by atoms with Crippen molar-refractivity contribution in [3.05, 3.63) is 69.8 Å². The fourth-order valence-corrected chi connectivity index (χ4v) is 4.93. The van der Waals surface area contributed by atoms with Crippen molar-refractivity contribution in [2.24, 2.45) is 7.05 Å². The molecule has 2 heterocycles. The molecule has 12 heteroatoms. The molecule has 1 saturated heterocycles. The highest BCUT2D eigenvalue weighted by Gasteiger charge is 2.34. The van der Waals surface area contributed by atoms with E-state index in [0.717, 1.165) is 22.2 Å². The Hall–Kier alpha value is -3.15.